The van der Waals surface area contributed by atoms with Gasteiger partial charge in [-0.15, -0.1) is 0 Å². The maximum Gasteiger partial charge on any atom is 0.266 e. The Labute approximate surface area is 200 Å². The molecule has 0 aliphatic heterocycles. The number of carbonyl (C=O) groups excluding carboxylic acids is 1. The van der Waals surface area contributed by atoms with Crippen LogP contribution in [-0.2, 0) is 4.79 Å². The number of benzene rings is 3. The van der Waals surface area contributed by atoms with Gasteiger partial charge < -0.3 is 4.74 Å². The molecule has 3 aromatic carbocycles. The summed E-state index contributed by atoms with van der Waals surface area (Å²) in [4.78, 5) is 30.1. The van der Waals surface area contributed by atoms with E-state index in [4.69, 9.17) is 4.74 Å². The molecule has 170 valence electrons. The zero-order chi connectivity index (χ0) is 23.8. The Morgan fingerprint density at radius 1 is 1.06 bits per heavy atom. The molecule has 0 spiro atoms. The minimum Gasteiger partial charge on any atom is -0.496 e. The number of rotatable bonds is 8. The molecule has 4 rings (SSSR count). The fraction of sp³-hybridized carbons (Fsp3) is 0.0769. The molecule has 0 aliphatic rings. The van der Waals surface area contributed by atoms with Gasteiger partial charge in [-0.25, -0.2) is 10.4 Å². The molecule has 0 saturated carbocycles. The van der Waals surface area contributed by atoms with Crippen molar-refractivity contribution in [3.63, 3.8) is 0 Å². The monoisotopic (exact) mass is 470 g/mol. The van der Waals surface area contributed by atoms with Gasteiger partial charge in [0.25, 0.3) is 11.5 Å². The quantitative estimate of drug-likeness (QED) is 0.180. The van der Waals surface area contributed by atoms with Gasteiger partial charge in [-0.2, -0.15) is 5.10 Å². The molecule has 1 aromatic heterocycles. The van der Waals surface area contributed by atoms with Crippen LogP contribution in [0, 0.1) is 0 Å². The van der Waals surface area contributed by atoms with E-state index in [1.807, 2.05) is 66.7 Å². The summed E-state index contributed by atoms with van der Waals surface area (Å²) in [6.07, 6.45) is 5.03. The van der Waals surface area contributed by atoms with E-state index >= 15 is 0 Å². The summed E-state index contributed by atoms with van der Waals surface area (Å²) in [5.74, 6) is 0.486. The lowest BCUT2D eigenvalue weighted by atomic mass is 10.2. The summed E-state index contributed by atoms with van der Waals surface area (Å²) in [6, 6.07) is 24.0. The summed E-state index contributed by atoms with van der Waals surface area (Å²) in [5, 5.41) is 4.90. The molecule has 0 atom stereocenters. The molecule has 0 fully saturated rings. The summed E-state index contributed by atoms with van der Waals surface area (Å²) in [7, 11) is 1.61. The van der Waals surface area contributed by atoms with Crippen molar-refractivity contribution in [2.45, 2.75) is 5.16 Å². The van der Waals surface area contributed by atoms with E-state index in [9.17, 15) is 9.59 Å². The lowest BCUT2D eigenvalue weighted by Gasteiger charge is -2.12. The van der Waals surface area contributed by atoms with Crippen LogP contribution in [0.2, 0.25) is 0 Å². The first-order valence-electron chi connectivity index (χ1n) is 10.5. The normalized spacial score (nSPS) is 11.3. The highest BCUT2D eigenvalue weighted by Gasteiger charge is 2.14. The molecule has 34 heavy (non-hydrogen) atoms. The highest BCUT2D eigenvalue weighted by atomic mass is 32.2. The molecule has 0 radical (unpaired) electrons. The fourth-order valence-electron chi connectivity index (χ4n) is 3.28. The number of carbonyl (C=O) groups is 1. The van der Waals surface area contributed by atoms with E-state index in [0.717, 1.165) is 11.3 Å². The Bertz CT molecular complexity index is 1410. The van der Waals surface area contributed by atoms with Gasteiger partial charge in [-0.3, -0.25) is 14.2 Å². The number of methoxy groups -OCH3 is 1. The Morgan fingerprint density at radius 2 is 1.79 bits per heavy atom. The molecule has 0 bridgehead atoms. The SMILES string of the molecule is COc1ccccc1/C=C/C=N/NC(=O)CSc1nc2ccccc2c(=O)n1-c1ccccc1. The van der Waals surface area contributed by atoms with Gasteiger partial charge in [0, 0.05) is 11.8 Å². The molecule has 8 heteroatoms. The van der Waals surface area contributed by atoms with E-state index in [-0.39, 0.29) is 17.2 Å². The number of para-hydroxylation sites is 3. The average molecular weight is 471 g/mol. The number of hydrazone groups is 1. The summed E-state index contributed by atoms with van der Waals surface area (Å²) in [6.45, 7) is 0. The second-order valence-electron chi connectivity index (χ2n) is 7.09. The minimum atomic E-state index is -0.311. The first-order chi connectivity index (χ1) is 16.7. The number of fused-ring (bicyclic) bond motifs is 1. The first-order valence-corrected chi connectivity index (χ1v) is 11.5. The Hall–Kier alpha value is -4.17. The van der Waals surface area contributed by atoms with Crippen molar-refractivity contribution >= 4 is 40.9 Å². The number of nitrogens with zero attached hydrogens (tertiary/aromatic N) is 3. The fourth-order valence-corrected chi connectivity index (χ4v) is 4.08. The molecule has 1 amide bonds. The Balaban J connectivity index is 1.46. The van der Waals surface area contributed by atoms with Gasteiger partial charge in [-0.05, 0) is 42.5 Å². The van der Waals surface area contributed by atoms with Crippen molar-refractivity contribution in [2.75, 3.05) is 12.9 Å². The molecule has 0 saturated heterocycles. The van der Waals surface area contributed by atoms with Crippen molar-refractivity contribution in [3.05, 3.63) is 101 Å². The molecular formula is C26H22N4O3S. The molecule has 7 nitrogen and oxygen atoms in total. The van der Waals surface area contributed by atoms with E-state index in [2.05, 4.69) is 15.5 Å². The third-order valence-corrected chi connectivity index (χ3v) is 5.79. The van der Waals surface area contributed by atoms with Crippen molar-refractivity contribution in [3.8, 4) is 11.4 Å². The van der Waals surface area contributed by atoms with Gasteiger partial charge in [0.2, 0.25) is 0 Å². The predicted octanol–water partition coefficient (Wildman–Crippen LogP) is 4.30. The third-order valence-electron chi connectivity index (χ3n) is 4.86. The van der Waals surface area contributed by atoms with Gasteiger partial charge in [0.15, 0.2) is 5.16 Å². The Kier molecular flexibility index (Phi) is 7.52. The standard InChI is InChI=1S/C26H22N4O3S/c1-33-23-16-8-5-10-19(23)11-9-17-27-29-24(31)18-34-26-28-22-15-7-6-14-21(22)25(32)30(26)20-12-3-2-4-13-20/h2-17H,18H2,1H3,(H,29,31)/b11-9+,27-17+. The van der Waals surface area contributed by atoms with Gasteiger partial charge in [0.05, 0.1) is 29.5 Å². The number of allylic oxidation sites excluding steroid dienone is 1. The van der Waals surface area contributed by atoms with Crippen molar-refractivity contribution in [2.24, 2.45) is 5.10 Å². The zero-order valence-corrected chi connectivity index (χ0v) is 19.2. The maximum atomic E-state index is 13.2. The average Bonchev–Trinajstić information content (AvgIpc) is 2.88. The van der Waals surface area contributed by atoms with Crippen molar-refractivity contribution in [1.82, 2.24) is 15.0 Å². The highest BCUT2D eigenvalue weighted by molar-refractivity contribution is 7.99. The van der Waals surface area contributed by atoms with E-state index in [1.54, 1.807) is 31.4 Å². The maximum absolute atomic E-state index is 13.2. The van der Waals surface area contributed by atoms with E-state index in [1.165, 1.54) is 22.5 Å². The third kappa shape index (κ3) is 5.41. The van der Waals surface area contributed by atoms with Crippen LogP contribution in [0.15, 0.2) is 100.0 Å². The van der Waals surface area contributed by atoms with Crippen LogP contribution in [-0.4, -0.2) is 34.5 Å². The molecule has 4 aromatic rings. The number of hydrogen-bond acceptors (Lipinski definition) is 6. The van der Waals surface area contributed by atoms with Crippen LogP contribution >= 0.6 is 11.8 Å². The summed E-state index contributed by atoms with van der Waals surface area (Å²) >= 11 is 1.18. The second-order valence-corrected chi connectivity index (χ2v) is 8.03. The van der Waals surface area contributed by atoms with Crippen LogP contribution in [0.3, 0.4) is 0 Å². The largest absolute Gasteiger partial charge is 0.496 e. The van der Waals surface area contributed by atoms with Gasteiger partial charge in [-0.1, -0.05) is 60.3 Å². The van der Waals surface area contributed by atoms with Gasteiger partial charge in [0.1, 0.15) is 5.75 Å². The number of nitrogens with one attached hydrogen (secondary N) is 1. The topological polar surface area (TPSA) is 85.6 Å². The Morgan fingerprint density at radius 3 is 2.62 bits per heavy atom. The molecule has 0 unspecified atom stereocenters. The van der Waals surface area contributed by atoms with E-state index in [0.29, 0.717) is 21.7 Å². The second kappa shape index (κ2) is 11.1. The number of aromatic nitrogens is 2. The number of amides is 1. The van der Waals surface area contributed by atoms with Crippen LogP contribution in [0.25, 0.3) is 22.7 Å². The van der Waals surface area contributed by atoms with Crippen molar-refractivity contribution < 1.29 is 9.53 Å². The number of ether oxygens (including phenoxy) is 1. The summed E-state index contributed by atoms with van der Waals surface area (Å²) < 4.78 is 6.82. The molecule has 1 N–H and O–H groups in total. The van der Waals surface area contributed by atoms with E-state index < -0.39 is 0 Å². The lowest BCUT2D eigenvalue weighted by Crippen LogP contribution is -2.24. The van der Waals surface area contributed by atoms with Crippen LogP contribution < -0.4 is 15.7 Å². The lowest BCUT2D eigenvalue weighted by molar-refractivity contribution is -0.118. The summed E-state index contributed by atoms with van der Waals surface area (Å²) in [5.41, 5.74) is 4.49. The zero-order valence-electron chi connectivity index (χ0n) is 18.4. The highest BCUT2D eigenvalue weighted by Crippen LogP contribution is 2.21. The van der Waals surface area contributed by atoms with Crippen LogP contribution in [0.5, 0.6) is 5.75 Å². The molecule has 0 aliphatic carbocycles. The first kappa shape index (κ1) is 23.0. The smallest absolute Gasteiger partial charge is 0.266 e. The van der Waals surface area contributed by atoms with Gasteiger partial charge >= 0.3 is 0 Å². The number of hydrogen-bond donors (Lipinski definition) is 1. The minimum absolute atomic E-state index is 0.0468. The number of thioether (sulfide) groups is 1. The molecule has 1 heterocycles. The van der Waals surface area contributed by atoms with Crippen molar-refractivity contribution in [1.29, 1.82) is 0 Å². The van der Waals surface area contributed by atoms with Crippen LogP contribution in [0.1, 0.15) is 5.56 Å². The predicted molar refractivity (Wildman–Crippen MR) is 137 cm³/mol. The molecular weight excluding hydrogens is 448 g/mol. The van der Waals surface area contributed by atoms with Crippen LogP contribution in [0.4, 0.5) is 0 Å².